The minimum absolute atomic E-state index is 0.00682. The van der Waals surface area contributed by atoms with Gasteiger partial charge in [-0.15, -0.1) is 0 Å². The van der Waals surface area contributed by atoms with Crippen LogP contribution in [0.1, 0.15) is 20.3 Å². The Hall–Kier alpha value is -1.07. The van der Waals surface area contributed by atoms with Crippen LogP contribution >= 0.6 is 11.6 Å². The van der Waals surface area contributed by atoms with E-state index in [1.165, 1.54) is 0 Å². The molecule has 1 rings (SSSR count). The Morgan fingerprint density at radius 3 is 2.79 bits per heavy atom. The van der Waals surface area contributed by atoms with Crippen molar-refractivity contribution in [2.24, 2.45) is 5.92 Å². The number of nitrogens with two attached hydrogens (primary N) is 1. The third kappa shape index (κ3) is 5.61. The van der Waals surface area contributed by atoms with Crippen LogP contribution in [0.5, 0.6) is 0 Å². The van der Waals surface area contributed by atoms with Crippen LogP contribution in [0.15, 0.2) is 18.2 Å². The molecule has 0 aromatic heterocycles. The zero-order valence-electron chi connectivity index (χ0n) is 11.1. The summed E-state index contributed by atoms with van der Waals surface area (Å²) in [6.45, 7) is 4.06. The van der Waals surface area contributed by atoms with Crippen molar-refractivity contribution < 1.29 is 9.00 Å². The molecule has 6 heteroatoms. The number of nitrogen functional groups attached to an aromatic ring is 1. The summed E-state index contributed by atoms with van der Waals surface area (Å²) in [4.78, 5) is 11.7. The molecule has 0 aliphatic carbocycles. The Morgan fingerprint density at radius 1 is 1.53 bits per heavy atom. The van der Waals surface area contributed by atoms with Gasteiger partial charge in [0.2, 0.25) is 5.91 Å². The second-order valence-corrected chi connectivity index (χ2v) is 6.46. The second-order valence-electron chi connectivity index (χ2n) is 4.55. The monoisotopic (exact) mass is 302 g/mol. The molecule has 4 nitrogen and oxygen atoms in total. The number of rotatable bonds is 6. The number of hydrogen-bond acceptors (Lipinski definition) is 3. The summed E-state index contributed by atoms with van der Waals surface area (Å²) in [5.74, 6) is 0.641. The van der Waals surface area contributed by atoms with Gasteiger partial charge in [-0.3, -0.25) is 9.00 Å². The highest BCUT2D eigenvalue weighted by molar-refractivity contribution is 7.85. The number of carbonyl (C=O) groups is 1. The van der Waals surface area contributed by atoms with E-state index < -0.39 is 10.8 Å². The predicted octanol–water partition coefficient (Wildman–Crippen LogP) is 2.66. The Bertz CT molecular complexity index is 480. The van der Waals surface area contributed by atoms with Crippen LogP contribution in [0.4, 0.5) is 11.4 Å². The topological polar surface area (TPSA) is 72.2 Å². The fourth-order valence-corrected chi connectivity index (χ4v) is 2.93. The molecule has 106 valence electrons. The first-order valence-electron chi connectivity index (χ1n) is 6.12. The molecule has 0 aliphatic heterocycles. The van der Waals surface area contributed by atoms with E-state index in [1.807, 2.05) is 13.8 Å². The number of anilines is 2. The van der Waals surface area contributed by atoms with Crippen LogP contribution in [-0.2, 0) is 15.6 Å². The molecule has 0 bridgehead atoms. The number of hydrogen-bond donors (Lipinski definition) is 2. The Kier molecular flexibility index (Phi) is 6.31. The number of halogens is 1. The smallest absolute Gasteiger partial charge is 0.236 e. The molecule has 1 amide bonds. The van der Waals surface area contributed by atoms with Gasteiger partial charge in [0.25, 0.3) is 0 Å². The van der Waals surface area contributed by atoms with E-state index in [1.54, 1.807) is 18.2 Å². The first kappa shape index (κ1) is 16.0. The molecule has 0 spiro atoms. The van der Waals surface area contributed by atoms with E-state index in [2.05, 4.69) is 5.32 Å². The molecular formula is C13H19ClN2O2S. The minimum atomic E-state index is -1.13. The normalized spacial score (nSPS) is 13.8. The van der Waals surface area contributed by atoms with Gasteiger partial charge in [0.05, 0.1) is 10.7 Å². The molecular weight excluding hydrogens is 284 g/mol. The van der Waals surface area contributed by atoms with E-state index >= 15 is 0 Å². The summed E-state index contributed by atoms with van der Waals surface area (Å²) in [6.07, 6.45) is 0.959. The van der Waals surface area contributed by atoms with Crippen molar-refractivity contribution in [3.8, 4) is 0 Å². The van der Waals surface area contributed by atoms with Gasteiger partial charge in [-0.05, 0) is 24.1 Å². The van der Waals surface area contributed by atoms with Crippen LogP contribution < -0.4 is 11.1 Å². The minimum Gasteiger partial charge on any atom is -0.397 e. The molecule has 3 N–H and O–H groups in total. The van der Waals surface area contributed by atoms with Gasteiger partial charge >= 0.3 is 0 Å². The largest absolute Gasteiger partial charge is 0.397 e. The lowest BCUT2D eigenvalue weighted by molar-refractivity contribution is -0.113. The fourth-order valence-electron chi connectivity index (χ4n) is 1.46. The Balaban J connectivity index is 2.51. The van der Waals surface area contributed by atoms with Crippen LogP contribution in [0.25, 0.3) is 0 Å². The van der Waals surface area contributed by atoms with E-state index in [9.17, 15) is 9.00 Å². The number of nitrogens with one attached hydrogen (secondary N) is 1. The molecule has 0 radical (unpaired) electrons. The molecule has 19 heavy (non-hydrogen) atoms. The van der Waals surface area contributed by atoms with E-state index in [-0.39, 0.29) is 11.7 Å². The number of benzene rings is 1. The van der Waals surface area contributed by atoms with Crippen molar-refractivity contribution >= 4 is 39.7 Å². The molecule has 0 fully saturated rings. The van der Waals surface area contributed by atoms with Gasteiger partial charge in [0, 0.05) is 22.2 Å². The third-order valence-corrected chi connectivity index (χ3v) is 4.61. The average molecular weight is 303 g/mol. The van der Waals surface area contributed by atoms with E-state index in [0.717, 1.165) is 6.42 Å². The van der Waals surface area contributed by atoms with Crippen molar-refractivity contribution in [3.05, 3.63) is 23.2 Å². The van der Waals surface area contributed by atoms with E-state index in [0.29, 0.717) is 28.1 Å². The lowest BCUT2D eigenvalue weighted by Crippen LogP contribution is -2.22. The highest BCUT2D eigenvalue weighted by atomic mass is 35.5. The van der Waals surface area contributed by atoms with E-state index in [4.69, 9.17) is 17.3 Å². The van der Waals surface area contributed by atoms with Gasteiger partial charge in [-0.2, -0.15) is 0 Å². The molecule has 0 heterocycles. The van der Waals surface area contributed by atoms with Gasteiger partial charge in [0.1, 0.15) is 5.75 Å². The van der Waals surface area contributed by atoms with Crippen LogP contribution in [0, 0.1) is 5.92 Å². The van der Waals surface area contributed by atoms with Crippen molar-refractivity contribution in [3.63, 3.8) is 0 Å². The van der Waals surface area contributed by atoms with Crippen molar-refractivity contribution in [2.75, 3.05) is 22.6 Å². The van der Waals surface area contributed by atoms with Gasteiger partial charge in [0.15, 0.2) is 0 Å². The molecule has 2 atom stereocenters. The maximum Gasteiger partial charge on any atom is 0.236 e. The summed E-state index contributed by atoms with van der Waals surface area (Å²) in [6, 6.07) is 4.86. The summed E-state index contributed by atoms with van der Waals surface area (Å²) >= 11 is 5.79. The summed E-state index contributed by atoms with van der Waals surface area (Å²) in [5, 5.41) is 3.10. The second kappa shape index (κ2) is 7.50. The predicted molar refractivity (Wildman–Crippen MR) is 81.8 cm³/mol. The highest BCUT2D eigenvalue weighted by Gasteiger charge is 2.11. The van der Waals surface area contributed by atoms with Crippen molar-refractivity contribution in [1.29, 1.82) is 0 Å². The molecule has 1 aromatic rings. The Morgan fingerprint density at radius 2 is 2.21 bits per heavy atom. The SMILES string of the molecule is CCC(C)CS(=O)CC(=O)Nc1ccc(Cl)c(N)c1. The Labute approximate surface area is 121 Å². The molecule has 1 aromatic carbocycles. The van der Waals surface area contributed by atoms with Crippen LogP contribution in [0.3, 0.4) is 0 Å². The van der Waals surface area contributed by atoms with Gasteiger partial charge < -0.3 is 11.1 Å². The molecule has 0 saturated heterocycles. The van der Waals surface area contributed by atoms with Gasteiger partial charge in [-0.25, -0.2) is 0 Å². The first-order valence-corrected chi connectivity index (χ1v) is 7.98. The maximum absolute atomic E-state index is 11.7. The summed E-state index contributed by atoms with van der Waals surface area (Å²) < 4.78 is 11.7. The quantitative estimate of drug-likeness (QED) is 0.794. The zero-order valence-corrected chi connectivity index (χ0v) is 12.7. The first-order chi connectivity index (χ1) is 8.92. The molecule has 0 saturated carbocycles. The summed E-state index contributed by atoms with van der Waals surface area (Å²) in [7, 11) is -1.13. The van der Waals surface area contributed by atoms with Gasteiger partial charge in [-0.1, -0.05) is 31.9 Å². The lowest BCUT2D eigenvalue weighted by atomic mass is 10.2. The molecule has 0 aliphatic rings. The van der Waals surface area contributed by atoms with Crippen LogP contribution in [0.2, 0.25) is 5.02 Å². The standard InChI is InChI=1S/C13H19ClN2O2S/c1-3-9(2)7-19(18)8-13(17)16-10-4-5-11(14)12(15)6-10/h4-6,9H,3,7-8,15H2,1-2H3,(H,16,17). The van der Waals surface area contributed by atoms with Crippen molar-refractivity contribution in [2.45, 2.75) is 20.3 Å². The molecule has 2 unspecified atom stereocenters. The highest BCUT2D eigenvalue weighted by Crippen LogP contribution is 2.22. The van der Waals surface area contributed by atoms with Crippen LogP contribution in [-0.4, -0.2) is 21.6 Å². The average Bonchev–Trinajstić information content (AvgIpc) is 2.33. The zero-order chi connectivity index (χ0) is 14.4. The maximum atomic E-state index is 11.7. The fraction of sp³-hybridized carbons (Fsp3) is 0.462. The number of amides is 1. The summed E-state index contributed by atoms with van der Waals surface area (Å²) in [5.41, 5.74) is 6.60. The number of carbonyl (C=O) groups excluding carboxylic acids is 1. The third-order valence-electron chi connectivity index (χ3n) is 2.74. The lowest BCUT2D eigenvalue weighted by Gasteiger charge is -2.09. The van der Waals surface area contributed by atoms with Crippen molar-refractivity contribution in [1.82, 2.24) is 0 Å².